The lowest BCUT2D eigenvalue weighted by molar-refractivity contribution is 0.138. The molecule has 0 spiro atoms. The normalized spacial score (nSPS) is 25.3. The number of cyclic esters (lactones) is 1. The molecular weight excluding hydrogens is 144 g/mol. The zero-order chi connectivity index (χ0) is 6.15. The van der Waals surface area contributed by atoms with E-state index >= 15 is 0 Å². The lowest BCUT2D eigenvalue weighted by atomic mass is 10.4. The predicted octanol–water partition coefficient (Wildman–Crippen LogP) is 0.123. The number of halogens is 1. The molecule has 1 amide bonds. The number of nitrogens with zero attached hydrogens (tertiary/aromatic N) is 1. The average molecular weight is 153 g/mol. The van der Waals surface area contributed by atoms with Gasteiger partial charge in [-0.1, -0.05) is 0 Å². The standard InChI is InChI=1S/C4H8N2O2.ClH/c1-3-2-6(5)4(7)8-3;/h3H,2,5H2,1H3;1H. The van der Waals surface area contributed by atoms with Gasteiger partial charge in [0.15, 0.2) is 0 Å². The van der Waals surface area contributed by atoms with Crippen LogP contribution in [0.4, 0.5) is 4.79 Å². The van der Waals surface area contributed by atoms with E-state index in [-0.39, 0.29) is 18.5 Å². The highest BCUT2D eigenvalue weighted by Gasteiger charge is 2.24. The predicted molar refractivity (Wildman–Crippen MR) is 34.1 cm³/mol. The lowest BCUT2D eigenvalue weighted by Crippen LogP contribution is -2.31. The van der Waals surface area contributed by atoms with Crippen LogP contribution in [0.15, 0.2) is 0 Å². The number of rotatable bonds is 0. The first-order valence-electron chi connectivity index (χ1n) is 2.43. The van der Waals surface area contributed by atoms with Gasteiger partial charge in [0.25, 0.3) is 0 Å². The monoisotopic (exact) mass is 152 g/mol. The van der Waals surface area contributed by atoms with Gasteiger partial charge in [-0.05, 0) is 6.92 Å². The Labute approximate surface area is 59.3 Å². The van der Waals surface area contributed by atoms with Crippen molar-refractivity contribution in [2.45, 2.75) is 13.0 Å². The number of ether oxygens (including phenoxy) is 1. The number of nitrogens with two attached hydrogens (primary N) is 1. The van der Waals surface area contributed by atoms with Gasteiger partial charge < -0.3 is 4.74 Å². The topological polar surface area (TPSA) is 55.6 Å². The number of carbonyl (C=O) groups is 1. The molecule has 1 unspecified atom stereocenters. The van der Waals surface area contributed by atoms with Gasteiger partial charge in [0.1, 0.15) is 6.10 Å². The summed E-state index contributed by atoms with van der Waals surface area (Å²) in [5.41, 5.74) is 0. The van der Waals surface area contributed by atoms with Crippen LogP contribution in [0.2, 0.25) is 0 Å². The van der Waals surface area contributed by atoms with Crippen LogP contribution in [0, 0.1) is 0 Å². The maximum atomic E-state index is 10.4. The molecule has 0 aliphatic carbocycles. The Bertz CT molecular complexity index is 119. The van der Waals surface area contributed by atoms with Crippen LogP contribution in [0.3, 0.4) is 0 Å². The van der Waals surface area contributed by atoms with Gasteiger partial charge in [0.2, 0.25) is 0 Å². The maximum Gasteiger partial charge on any atom is 0.424 e. The van der Waals surface area contributed by atoms with Crippen molar-refractivity contribution in [1.82, 2.24) is 5.01 Å². The third-order valence-electron chi connectivity index (χ3n) is 0.990. The van der Waals surface area contributed by atoms with Gasteiger partial charge >= 0.3 is 6.09 Å². The van der Waals surface area contributed by atoms with E-state index < -0.39 is 6.09 Å². The van der Waals surface area contributed by atoms with E-state index in [2.05, 4.69) is 4.74 Å². The summed E-state index contributed by atoms with van der Waals surface area (Å²) < 4.78 is 4.64. The van der Waals surface area contributed by atoms with E-state index in [4.69, 9.17) is 5.84 Å². The molecule has 1 rings (SSSR count). The molecule has 2 N–H and O–H groups in total. The molecule has 1 heterocycles. The van der Waals surface area contributed by atoms with Crippen molar-refractivity contribution >= 4 is 18.5 Å². The van der Waals surface area contributed by atoms with E-state index in [1.54, 1.807) is 6.92 Å². The molecular formula is C4H9ClN2O2. The Hall–Kier alpha value is -0.480. The maximum absolute atomic E-state index is 10.4. The van der Waals surface area contributed by atoms with Gasteiger partial charge in [-0.2, -0.15) is 0 Å². The van der Waals surface area contributed by atoms with E-state index in [1.807, 2.05) is 0 Å². The molecule has 1 atom stereocenters. The van der Waals surface area contributed by atoms with Gasteiger partial charge in [-0.3, -0.25) is 0 Å². The van der Waals surface area contributed by atoms with Crippen molar-refractivity contribution in [3.8, 4) is 0 Å². The molecule has 1 aliphatic rings. The van der Waals surface area contributed by atoms with Crippen LogP contribution in [0.25, 0.3) is 0 Å². The Kier molecular flexibility index (Phi) is 2.73. The minimum atomic E-state index is -0.433. The highest BCUT2D eigenvalue weighted by molar-refractivity contribution is 5.85. The summed E-state index contributed by atoms with van der Waals surface area (Å²) in [6, 6.07) is 0. The van der Waals surface area contributed by atoms with Crippen molar-refractivity contribution in [3.63, 3.8) is 0 Å². The highest BCUT2D eigenvalue weighted by atomic mass is 35.5. The molecule has 1 saturated heterocycles. The van der Waals surface area contributed by atoms with Gasteiger partial charge in [0.05, 0.1) is 6.54 Å². The highest BCUT2D eigenvalue weighted by Crippen LogP contribution is 2.04. The fraction of sp³-hybridized carbons (Fsp3) is 0.750. The van der Waals surface area contributed by atoms with Crippen LogP contribution in [-0.4, -0.2) is 23.8 Å². The van der Waals surface area contributed by atoms with Crippen LogP contribution < -0.4 is 5.84 Å². The second kappa shape index (κ2) is 2.89. The molecule has 0 aromatic heterocycles. The van der Waals surface area contributed by atoms with Crippen molar-refractivity contribution in [2.24, 2.45) is 5.84 Å². The number of hydrazine groups is 1. The molecule has 0 aromatic rings. The summed E-state index contributed by atoms with van der Waals surface area (Å²) in [6.45, 7) is 2.30. The molecule has 9 heavy (non-hydrogen) atoms. The molecule has 1 aliphatic heterocycles. The summed E-state index contributed by atoms with van der Waals surface area (Å²) in [5.74, 6) is 5.13. The van der Waals surface area contributed by atoms with Crippen molar-refractivity contribution < 1.29 is 9.53 Å². The van der Waals surface area contributed by atoms with Crippen molar-refractivity contribution in [3.05, 3.63) is 0 Å². The lowest BCUT2D eigenvalue weighted by Gasteiger charge is -1.99. The molecule has 0 aromatic carbocycles. The Balaban J connectivity index is 0.000000640. The Morgan fingerprint density at radius 3 is 2.56 bits per heavy atom. The summed E-state index contributed by atoms with van der Waals surface area (Å²) in [6.07, 6.45) is -0.481. The number of carbonyl (C=O) groups excluding carboxylic acids is 1. The minimum Gasteiger partial charge on any atom is -0.444 e. The summed E-state index contributed by atoms with van der Waals surface area (Å²) in [4.78, 5) is 10.4. The molecule has 1 fully saturated rings. The van der Waals surface area contributed by atoms with E-state index in [9.17, 15) is 4.79 Å². The second-order valence-corrected chi connectivity index (χ2v) is 1.85. The first-order valence-corrected chi connectivity index (χ1v) is 2.43. The molecule has 4 nitrogen and oxygen atoms in total. The Morgan fingerprint density at radius 1 is 1.89 bits per heavy atom. The van der Waals surface area contributed by atoms with E-state index in [0.29, 0.717) is 6.54 Å². The second-order valence-electron chi connectivity index (χ2n) is 1.85. The van der Waals surface area contributed by atoms with E-state index in [1.165, 1.54) is 0 Å². The largest absolute Gasteiger partial charge is 0.444 e. The first kappa shape index (κ1) is 8.52. The zero-order valence-corrected chi connectivity index (χ0v) is 5.85. The zero-order valence-electron chi connectivity index (χ0n) is 5.03. The SMILES string of the molecule is CC1CN(N)C(=O)O1.Cl. The molecule has 0 bridgehead atoms. The average Bonchev–Trinajstić information content (AvgIpc) is 1.85. The number of hydrogen-bond donors (Lipinski definition) is 1. The molecule has 5 heteroatoms. The van der Waals surface area contributed by atoms with Gasteiger partial charge in [0, 0.05) is 0 Å². The van der Waals surface area contributed by atoms with Crippen LogP contribution >= 0.6 is 12.4 Å². The van der Waals surface area contributed by atoms with Crippen LogP contribution in [0.1, 0.15) is 6.92 Å². The fourth-order valence-corrected chi connectivity index (χ4v) is 0.629. The quantitative estimate of drug-likeness (QED) is 0.396. The van der Waals surface area contributed by atoms with E-state index in [0.717, 1.165) is 5.01 Å². The number of amides is 1. The van der Waals surface area contributed by atoms with Crippen LogP contribution in [0.5, 0.6) is 0 Å². The number of hydrogen-bond acceptors (Lipinski definition) is 3. The van der Waals surface area contributed by atoms with Crippen molar-refractivity contribution in [2.75, 3.05) is 6.54 Å². The summed E-state index contributed by atoms with van der Waals surface area (Å²) in [7, 11) is 0. The first-order chi connectivity index (χ1) is 3.70. The fourth-order valence-electron chi connectivity index (χ4n) is 0.629. The van der Waals surface area contributed by atoms with Crippen molar-refractivity contribution in [1.29, 1.82) is 0 Å². The third-order valence-corrected chi connectivity index (χ3v) is 0.990. The molecule has 54 valence electrons. The minimum absolute atomic E-state index is 0. The Morgan fingerprint density at radius 2 is 2.44 bits per heavy atom. The summed E-state index contributed by atoms with van der Waals surface area (Å²) in [5, 5.41) is 1.06. The van der Waals surface area contributed by atoms with Gasteiger partial charge in [-0.25, -0.2) is 15.6 Å². The third kappa shape index (κ3) is 1.73. The van der Waals surface area contributed by atoms with Crippen LogP contribution in [-0.2, 0) is 4.74 Å². The molecule has 0 radical (unpaired) electrons. The molecule has 0 saturated carbocycles. The summed E-state index contributed by atoms with van der Waals surface area (Å²) >= 11 is 0. The van der Waals surface area contributed by atoms with Gasteiger partial charge in [-0.15, -0.1) is 12.4 Å². The smallest absolute Gasteiger partial charge is 0.424 e.